The molecular formula is C26H22BrClN6O. The first kappa shape index (κ1) is 23.3. The summed E-state index contributed by atoms with van der Waals surface area (Å²) in [6.07, 6.45) is 3.56. The Morgan fingerprint density at radius 3 is 2.71 bits per heavy atom. The van der Waals surface area contributed by atoms with E-state index in [1.165, 1.54) is 5.56 Å². The molecule has 9 heteroatoms. The van der Waals surface area contributed by atoms with E-state index in [2.05, 4.69) is 61.6 Å². The molecule has 0 radical (unpaired) electrons. The van der Waals surface area contributed by atoms with Crippen LogP contribution in [0.3, 0.4) is 0 Å². The van der Waals surface area contributed by atoms with E-state index in [1.807, 2.05) is 49.5 Å². The summed E-state index contributed by atoms with van der Waals surface area (Å²) in [6, 6.07) is 17.9. The molecule has 0 aliphatic carbocycles. The molecule has 3 aromatic heterocycles. The number of hydrogen-bond donors (Lipinski definition) is 1. The van der Waals surface area contributed by atoms with E-state index in [1.54, 1.807) is 15.6 Å². The lowest BCUT2D eigenvalue weighted by atomic mass is 10.0. The summed E-state index contributed by atoms with van der Waals surface area (Å²) in [6.45, 7) is 4.50. The van der Waals surface area contributed by atoms with Gasteiger partial charge >= 0.3 is 0 Å². The molecule has 5 rings (SSSR count). The molecule has 35 heavy (non-hydrogen) atoms. The lowest BCUT2D eigenvalue weighted by Gasteiger charge is -2.07. The number of halogens is 2. The Morgan fingerprint density at radius 1 is 1.09 bits per heavy atom. The second-order valence-corrected chi connectivity index (χ2v) is 9.59. The molecule has 1 amide bonds. The number of rotatable bonds is 6. The summed E-state index contributed by atoms with van der Waals surface area (Å²) in [7, 11) is 0. The molecule has 5 aromatic rings. The van der Waals surface area contributed by atoms with Crippen LogP contribution < -0.4 is 5.32 Å². The van der Waals surface area contributed by atoms with Crippen LogP contribution in [-0.2, 0) is 17.9 Å². The van der Waals surface area contributed by atoms with Gasteiger partial charge in [-0.25, -0.2) is 9.67 Å². The van der Waals surface area contributed by atoms with E-state index in [9.17, 15) is 4.79 Å². The maximum absolute atomic E-state index is 12.9. The molecule has 7 nitrogen and oxygen atoms in total. The van der Waals surface area contributed by atoms with Crippen LogP contribution in [0.15, 0.2) is 71.5 Å². The predicted molar refractivity (Wildman–Crippen MR) is 142 cm³/mol. The van der Waals surface area contributed by atoms with Crippen LogP contribution in [0.1, 0.15) is 16.8 Å². The van der Waals surface area contributed by atoms with Crippen molar-refractivity contribution >= 4 is 50.3 Å². The molecule has 0 fully saturated rings. The normalized spacial score (nSPS) is 11.2. The molecule has 176 valence electrons. The van der Waals surface area contributed by atoms with Crippen molar-refractivity contribution in [2.75, 3.05) is 5.32 Å². The zero-order chi connectivity index (χ0) is 24.5. The van der Waals surface area contributed by atoms with Crippen LogP contribution in [-0.4, -0.2) is 30.5 Å². The molecular weight excluding hydrogens is 528 g/mol. The highest BCUT2D eigenvalue weighted by atomic mass is 79.9. The molecule has 0 aliphatic rings. The molecule has 0 bridgehead atoms. The number of nitrogens with zero attached hydrogens (tertiary/aromatic N) is 5. The summed E-state index contributed by atoms with van der Waals surface area (Å²) >= 11 is 9.75. The number of benzene rings is 2. The van der Waals surface area contributed by atoms with Gasteiger partial charge in [-0.1, -0.05) is 59.6 Å². The van der Waals surface area contributed by atoms with Crippen molar-refractivity contribution in [2.24, 2.45) is 0 Å². The fraction of sp³-hybridized carbons (Fsp3) is 0.154. The minimum absolute atomic E-state index is 0.0123. The lowest BCUT2D eigenvalue weighted by molar-refractivity contribution is -0.116. The van der Waals surface area contributed by atoms with Crippen LogP contribution in [0.5, 0.6) is 0 Å². The van der Waals surface area contributed by atoms with Gasteiger partial charge in [0.25, 0.3) is 0 Å². The van der Waals surface area contributed by atoms with Crippen LogP contribution in [0.4, 0.5) is 5.82 Å². The van der Waals surface area contributed by atoms with Gasteiger partial charge in [0.1, 0.15) is 6.54 Å². The first-order chi connectivity index (χ1) is 16.9. The predicted octanol–water partition coefficient (Wildman–Crippen LogP) is 6.01. The average molecular weight is 550 g/mol. The SMILES string of the molecule is Cc1cccc(-c2ccnc3c2c(C)nn3CC(=O)Nc2nn(Cc3ccccc3Cl)cc2Br)c1. The van der Waals surface area contributed by atoms with E-state index in [-0.39, 0.29) is 12.5 Å². The number of aryl methyl sites for hydroxylation is 2. The molecule has 0 saturated carbocycles. The second-order valence-electron chi connectivity index (χ2n) is 8.33. The number of hydrogen-bond acceptors (Lipinski definition) is 4. The van der Waals surface area contributed by atoms with E-state index < -0.39 is 0 Å². The highest BCUT2D eigenvalue weighted by Crippen LogP contribution is 2.30. The number of aromatic nitrogens is 5. The Morgan fingerprint density at radius 2 is 1.91 bits per heavy atom. The summed E-state index contributed by atoms with van der Waals surface area (Å²) in [5, 5.41) is 13.6. The minimum atomic E-state index is -0.249. The number of carbonyl (C=O) groups excluding carboxylic acids is 1. The quantitative estimate of drug-likeness (QED) is 0.281. The maximum atomic E-state index is 12.9. The summed E-state index contributed by atoms with van der Waals surface area (Å²) < 4.78 is 4.04. The lowest BCUT2D eigenvalue weighted by Crippen LogP contribution is -2.20. The molecule has 0 saturated heterocycles. The highest BCUT2D eigenvalue weighted by Gasteiger charge is 2.17. The van der Waals surface area contributed by atoms with Crippen molar-refractivity contribution in [3.05, 3.63) is 93.3 Å². The van der Waals surface area contributed by atoms with Crippen molar-refractivity contribution in [1.29, 1.82) is 0 Å². The standard InChI is InChI=1S/C26H22BrClN6O/c1-16-6-5-8-18(12-16)20-10-11-29-26-24(20)17(2)31-34(26)15-23(35)30-25-21(27)14-33(32-25)13-19-7-3-4-9-22(19)28/h3-12,14H,13,15H2,1-2H3,(H,30,32,35). The van der Waals surface area contributed by atoms with Crippen molar-refractivity contribution in [3.8, 4) is 11.1 Å². The molecule has 3 heterocycles. The van der Waals surface area contributed by atoms with Crippen molar-refractivity contribution in [1.82, 2.24) is 24.5 Å². The molecule has 0 aliphatic heterocycles. The van der Waals surface area contributed by atoms with E-state index in [0.717, 1.165) is 27.8 Å². The fourth-order valence-electron chi connectivity index (χ4n) is 4.12. The van der Waals surface area contributed by atoms with Crippen molar-refractivity contribution < 1.29 is 4.79 Å². The molecule has 2 aromatic carbocycles. The van der Waals surface area contributed by atoms with Crippen LogP contribution in [0.25, 0.3) is 22.2 Å². The first-order valence-electron chi connectivity index (χ1n) is 11.0. The van der Waals surface area contributed by atoms with E-state index in [4.69, 9.17) is 11.6 Å². The Kier molecular flexibility index (Phi) is 6.40. The van der Waals surface area contributed by atoms with Crippen molar-refractivity contribution in [3.63, 3.8) is 0 Å². The number of amides is 1. The first-order valence-corrected chi connectivity index (χ1v) is 12.2. The van der Waals surface area contributed by atoms with Gasteiger partial charge in [0.05, 0.1) is 16.7 Å². The number of fused-ring (bicyclic) bond motifs is 1. The van der Waals surface area contributed by atoms with E-state index >= 15 is 0 Å². The number of carbonyl (C=O) groups is 1. The number of pyridine rings is 1. The van der Waals surface area contributed by atoms with Gasteiger partial charge in [-0.15, -0.1) is 0 Å². The van der Waals surface area contributed by atoms with E-state index in [0.29, 0.717) is 27.5 Å². The molecule has 0 unspecified atom stereocenters. The summed E-state index contributed by atoms with van der Waals surface area (Å²) in [5.74, 6) is 0.185. The molecule has 1 N–H and O–H groups in total. The molecule has 0 atom stereocenters. The zero-order valence-electron chi connectivity index (χ0n) is 19.2. The van der Waals surface area contributed by atoms with Gasteiger partial charge in [0, 0.05) is 22.8 Å². The Balaban J connectivity index is 1.37. The third-order valence-corrected chi connectivity index (χ3v) is 6.64. The van der Waals surface area contributed by atoms with Gasteiger partial charge in [-0.2, -0.15) is 10.2 Å². The number of anilines is 1. The molecule has 0 spiro atoms. The Hall–Kier alpha value is -3.49. The second kappa shape index (κ2) is 9.64. The third-order valence-electron chi connectivity index (χ3n) is 5.70. The monoisotopic (exact) mass is 548 g/mol. The zero-order valence-corrected chi connectivity index (χ0v) is 21.5. The van der Waals surface area contributed by atoms with Gasteiger partial charge in [0.2, 0.25) is 5.91 Å². The van der Waals surface area contributed by atoms with Crippen LogP contribution in [0.2, 0.25) is 5.02 Å². The summed E-state index contributed by atoms with van der Waals surface area (Å²) in [5.41, 5.74) is 5.75. The smallest absolute Gasteiger partial charge is 0.247 e. The fourth-order valence-corrected chi connectivity index (χ4v) is 4.73. The number of nitrogens with one attached hydrogen (secondary N) is 1. The van der Waals surface area contributed by atoms with Gasteiger partial charge in [-0.05, 0) is 58.6 Å². The highest BCUT2D eigenvalue weighted by molar-refractivity contribution is 9.10. The Labute approximate surface area is 215 Å². The van der Waals surface area contributed by atoms with Gasteiger partial charge < -0.3 is 5.32 Å². The van der Waals surface area contributed by atoms with Crippen LogP contribution >= 0.6 is 27.5 Å². The average Bonchev–Trinajstić information content (AvgIpc) is 3.33. The maximum Gasteiger partial charge on any atom is 0.247 e. The van der Waals surface area contributed by atoms with Gasteiger partial charge in [-0.3, -0.25) is 9.48 Å². The largest absolute Gasteiger partial charge is 0.307 e. The van der Waals surface area contributed by atoms with Gasteiger partial charge in [0.15, 0.2) is 11.5 Å². The Bertz CT molecular complexity index is 1560. The minimum Gasteiger partial charge on any atom is -0.307 e. The van der Waals surface area contributed by atoms with Crippen LogP contribution in [0, 0.1) is 13.8 Å². The third kappa shape index (κ3) is 4.85. The topological polar surface area (TPSA) is 77.6 Å². The summed E-state index contributed by atoms with van der Waals surface area (Å²) in [4.78, 5) is 17.4. The van der Waals surface area contributed by atoms with Crippen molar-refractivity contribution in [2.45, 2.75) is 26.9 Å².